The molecular formula is C21H20F3N5O2. The zero-order valence-electron chi connectivity index (χ0n) is 16.3. The van der Waals surface area contributed by atoms with Crippen molar-refractivity contribution in [3.8, 4) is 5.69 Å². The average molecular weight is 431 g/mol. The molecule has 10 heteroatoms. The summed E-state index contributed by atoms with van der Waals surface area (Å²) < 4.78 is 39.4. The van der Waals surface area contributed by atoms with Crippen LogP contribution in [0.5, 0.6) is 0 Å². The fraction of sp³-hybridized carbons (Fsp3) is 0.190. The van der Waals surface area contributed by atoms with Crippen molar-refractivity contribution in [1.82, 2.24) is 25.7 Å². The van der Waals surface area contributed by atoms with Gasteiger partial charge in [0.1, 0.15) is 0 Å². The Bertz CT molecular complexity index is 1020. The Morgan fingerprint density at radius 1 is 0.935 bits per heavy atom. The number of amides is 3. The van der Waals surface area contributed by atoms with Crippen LogP contribution in [0.15, 0.2) is 67.0 Å². The average Bonchev–Trinajstić information content (AvgIpc) is 3.30. The molecular weight excluding hydrogens is 411 g/mol. The van der Waals surface area contributed by atoms with Crippen molar-refractivity contribution in [2.24, 2.45) is 0 Å². The van der Waals surface area contributed by atoms with Crippen molar-refractivity contribution >= 4 is 11.9 Å². The zero-order chi connectivity index (χ0) is 22.3. The van der Waals surface area contributed by atoms with Crippen LogP contribution in [-0.2, 0) is 12.7 Å². The van der Waals surface area contributed by atoms with Crippen molar-refractivity contribution in [1.29, 1.82) is 0 Å². The first kappa shape index (κ1) is 21.9. The largest absolute Gasteiger partial charge is 0.416 e. The normalized spacial score (nSPS) is 11.1. The molecule has 7 nitrogen and oxygen atoms in total. The fourth-order valence-electron chi connectivity index (χ4n) is 2.74. The van der Waals surface area contributed by atoms with Gasteiger partial charge < -0.3 is 16.0 Å². The molecule has 2 aromatic carbocycles. The lowest BCUT2D eigenvalue weighted by Crippen LogP contribution is -2.40. The summed E-state index contributed by atoms with van der Waals surface area (Å²) in [5, 5.41) is 12.0. The molecule has 0 fully saturated rings. The van der Waals surface area contributed by atoms with Crippen LogP contribution in [0.1, 0.15) is 21.5 Å². The second-order valence-electron chi connectivity index (χ2n) is 6.56. The molecule has 3 N–H and O–H groups in total. The van der Waals surface area contributed by atoms with E-state index < -0.39 is 23.7 Å². The predicted octanol–water partition coefficient (Wildman–Crippen LogP) is 3.12. The van der Waals surface area contributed by atoms with Gasteiger partial charge in [0.2, 0.25) is 0 Å². The minimum Gasteiger partial charge on any atom is -0.350 e. The topological polar surface area (TPSA) is 88.0 Å². The van der Waals surface area contributed by atoms with Crippen LogP contribution in [-0.4, -0.2) is 34.8 Å². The highest BCUT2D eigenvalue weighted by Gasteiger charge is 2.30. The van der Waals surface area contributed by atoms with Crippen LogP contribution < -0.4 is 16.0 Å². The van der Waals surface area contributed by atoms with Gasteiger partial charge in [0, 0.05) is 37.6 Å². The lowest BCUT2D eigenvalue weighted by atomic mass is 10.1. The third-order valence-corrected chi connectivity index (χ3v) is 4.30. The second-order valence-corrected chi connectivity index (χ2v) is 6.56. The lowest BCUT2D eigenvalue weighted by Gasteiger charge is -2.10. The third kappa shape index (κ3) is 6.33. The van der Waals surface area contributed by atoms with E-state index in [0.29, 0.717) is 6.54 Å². The first-order valence-electron chi connectivity index (χ1n) is 9.39. The molecule has 31 heavy (non-hydrogen) atoms. The maximum Gasteiger partial charge on any atom is 0.416 e. The molecule has 3 aromatic rings. The number of carbonyl (C=O) groups is 2. The van der Waals surface area contributed by atoms with E-state index >= 15 is 0 Å². The highest BCUT2D eigenvalue weighted by molar-refractivity contribution is 5.94. The van der Waals surface area contributed by atoms with Gasteiger partial charge in [-0.15, -0.1) is 0 Å². The van der Waals surface area contributed by atoms with Gasteiger partial charge in [-0.25, -0.2) is 9.48 Å². The SMILES string of the molecule is O=C(NCCNC(=O)c1ccc(C(F)(F)F)cc1)NCc1cccc(-n2cccn2)c1. The summed E-state index contributed by atoms with van der Waals surface area (Å²) in [6.45, 7) is 0.590. The summed E-state index contributed by atoms with van der Waals surface area (Å²) in [4.78, 5) is 23.9. The maximum absolute atomic E-state index is 12.5. The monoisotopic (exact) mass is 431 g/mol. The van der Waals surface area contributed by atoms with E-state index in [1.165, 1.54) is 0 Å². The van der Waals surface area contributed by atoms with Crippen LogP contribution in [0.4, 0.5) is 18.0 Å². The lowest BCUT2D eigenvalue weighted by molar-refractivity contribution is -0.137. The maximum atomic E-state index is 12.5. The number of benzene rings is 2. The number of aromatic nitrogens is 2. The van der Waals surface area contributed by atoms with E-state index in [-0.39, 0.29) is 18.7 Å². The quantitative estimate of drug-likeness (QED) is 0.503. The van der Waals surface area contributed by atoms with E-state index in [9.17, 15) is 22.8 Å². The molecule has 0 aliphatic rings. The van der Waals surface area contributed by atoms with Crippen LogP contribution in [0.25, 0.3) is 5.69 Å². The Labute approximate surface area is 176 Å². The predicted molar refractivity (Wildman–Crippen MR) is 108 cm³/mol. The van der Waals surface area contributed by atoms with Gasteiger partial charge in [0.25, 0.3) is 5.91 Å². The number of rotatable bonds is 7. The molecule has 1 aromatic heterocycles. The van der Waals surface area contributed by atoms with E-state index in [0.717, 1.165) is 35.5 Å². The number of nitrogens with one attached hydrogen (secondary N) is 3. The Morgan fingerprint density at radius 3 is 2.35 bits per heavy atom. The van der Waals surface area contributed by atoms with Gasteiger partial charge in [0.05, 0.1) is 11.3 Å². The minimum atomic E-state index is -4.45. The Kier molecular flexibility index (Phi) is 6.91. The van der Waals surface area contributed by atoms with Crippen molar-refractivity contribution < 1.29 is 22.8 Å². The minimum absolute atomic E-state index is 0.106. The van der Waals surface area contributed by atoms with Gasteiger partial charge in [0.15, 0.2) is 0 Å². The number of nitrogens with zero attached hydrogens (tertiary/aromatic N) is 2. The Balaban J connectivity index is 1.38. The third-order valence-electron chi connectivity index (χ3n) is 4.30. The molecule has 0 atom stereocenters. The Hall–Kier alpha value is -3.82. The number of urea groups is 1. The first-order chi connectivity index (χ1) is 14.8. The summed E-state index contributed by atoms with van der Waals surface area (Å²) in [5.74, 6) is -0.522. The molecule has 0 unspecified atom stereocenters. The second kappa shape index (κ2) is 9.79. The highest BCUT2D eigenvalue weighted by atomic mass is 19.4. The molecule has 0 spiro atoms. The first-order valence-corrected chi connectivity index (χ1v) is 9.39. The number of halogens is 3. The number of carbonyl (C=O) groups excluding carboxylic acids is 2. The molecule has 3 amide bonds. The summed E-state index contributed by atoms with van der Waals surface area (Å²) >= 11 is 0. The van der Waals surface area contributed by atoms with E-state index in [1.54, 1.807) is 10.9 Å². The molecule has 3 rings (SSSR count). The van der Waals surface area contributed by atoms with E-state index in [2.05, 4.69) is 21.0 Å². The van der Waals surface area contributed by atoms with Gasteiger partial charge in [-0.05, 0) is 48.0 Å². The summed E-state index contributed by atoms with van der Waals surface area (Å²) in [6.07, 6.45) is -0.959. The van der Waals surface area contributed by atoms with Gasteiger partial charge >= 0.3 is 12.2 Å². The summed E-state index contributed by atoms with van der Waals surface area (Å²) in [5.41, 5.74) is 1.04. The van der Waals surface area contributed by atoms with Gasteiger partial charge in [-0.2, -0.15) is 18.3 Å². The van der Waals surface area contributed by atoms with E-state index in [1.807, 2.05) is 36.5 Å². The van der Waals surface area contributed by atoms with Gasteiger partial charge in [-0.3, -0.25) is 4.79 Å². The summed E-state index contributed by atoms with van der Waals surface area (Å²) in [7, 11) is 0. The molecule has 162 valence electrons. The molecule has 1 heterocycles. The fourth-order valence-corrected chi connectivity index (χ4v) is 2.74. The van der Waals surface area contributed by atoms with Crippen molar-refractivity contribution in [3.05, 3.63) is 83.7 Å². The number of alkyl halides is 3. The standard InChI is InChI=1S/C21H20F3N5O2/c22-21(23,24)17-7-5-16(6-8-17)19(30)25-10-11-26-20(31)27-14-15-3-1-4-18(13-15)29-12-2-9-28-29/h1-9,12-13H,10-11,14H2,(H,25,30)(H2,26,27,31). The molecule has 0 radical (unpaired) electrons. The van der Waals surface area contributed by atoms with Crippen molar-refractivity contribution in [3.63, 3.8) is 0 Å². The highest BCUT2D eigenvalue weighted by Crippen LogP contribution is 2.29. The van der Waals surface area contributed by atoms with E-state index in [4.69, 9.17) is 0 Å². The Morgan fingerprint density at radius 2 is 1.68 bits per heavy atom. The van der Waals surface area contributed by atoms with Gasteiger partial charge in [-0.1, -0.05) is 12.1 Å². The molecule has 0 aliphatic heterocycles. The number of hydrogen-bond donors (Lipinski definition) is 3. The number of hydrogen-bond acceptors (Lipinski definition) is 3. The van der Waals surface area contributed by atoms with Crippen LogP contribution in [0.3, 0.4) is 0 Å². The summed E-state index contributed by atoms with van der Waals surface area (Å²) in [6, 6.07) is 12.9. The molecule has 0 aliphatic carbocycles. The molecule has 0 saturated heterocycles. The van der Waals surface area contributed by atoms with Crippen molar-refractivity contribution in [2.45, 2.75) is 12.7 Å². The zero-order valence-corrected chi connectivity index (χ0v) is 16.3. The van der Waals surface area contributed by atoms with Crippen molar-refractivity contribution in [2.75, 3.05) is 13.1 Å². The van der Waals surface area contributed by atoms with Crippen LogP contribution in [0.2, 0.25) is 0 Å². The van der Waals surface area contributed by atoms with Crippen LogP contribution >= 0.6 is 0 Å². The molecule has 0 saturated carbocycles. The van der Waals surface area contributed by atoms with Crippen LogP contribution in [0, 0.1) is 0 Å². The molecule has 0 bridgehead atoms. The smallest absolute Gasteiger partial charge is 0.350 e.